The monoisotopic (exact) mass is 292 g/mol. The summed E-state index contributed by atoms with van der Waals surface area (Å²) in [5.41, 5.74) is 0.976. The predicted octanol–water partition coefficient (Wildman–Crippen LogP) is 1.70. The maximum Gasteiger partial charge on any atom is 0.317 e. The van der Waals surface area contributed by atoms with E-state index in [1.165, 1.54) is 0 Å². The molecule has 6 heteroatoms. The van der Waals surface area contributed by atoms with E-state index >= 15 is 0 Å². The molecule has 2 N–H and O–H groups in total. The summed E-state index contributed by atoms with van der Waals surface area (Å²) in [7, 11) is 0. The minimum absolute atomic E-state index is 0.0478. The highest BCUT2D eigenvalue weighted by molar-refractivity contribution is 5.74. The second-order valence-electron chi connectivity index (χ2n) is 5.27. The van der Waals surface area contributed by atoms with Gasteiger partial charge in [0.15, 0.2) is 0 Å². The van der Waals surface area contributed by atoms with Crippen molar-refractivity contribution in [2.75, 3.05) is 19.7 Å². The van der Waals surface area contributed by atoms with Gasteiger partial charge in [0.1, 0.15) is 12.4 Å². The van der Waals surface area contributed by atoms with Crippen molar-refractivity contribution in [1.29, 1.82) is 0 Å². The number of fused-ring (bicyclic) bond motifs is 1. The van der Waals surface area contributed by atoms with Gasteiger partial charge in [0.05, 0.1) is 13.1 Å². The molecule has 0 saturated carbocycles. The number of carbonyl (C=O) groups excluding carboxylic acids is 1. The Hall–Kier alpha value is -2.24. The first-order valence-corrected chi connectivity index (χ1v) is 7.01. The molecule has 0 aromatic heterocycles. The molecule has 0 bridgehead atoms. The van der Waals surface area contributed by atoms with Crippen LogP contribution in [0.2, 0.25) is 0 Å². The number of hydrogen-bond acceptors (Lipinski definition) is 3. The Morgan fingerprint density at radius 3 is 2.95 bits per heavy atom. The molecule has 1 atom stereocenters. The highest BCUT2D eigenvalue weighted by Crippen LogP contribution is 2.22. The molecule has 1 heterocycles. The number of carbonyl (C=O) groups is 2. The summed E-state index contributed by atoms with van der Waals surface area (Å²) in [4.78, 5) is 24.4. The van der Waals surface area contributed by atoms with Crippen LogP contribution in [-0.2, 0) is 11.3 Å². The number of urea groups is 1. The normalized spacial score (nSPS) is 15.4. The molecule has 1 aliphatic rings. The molecule has 2 amide bonds. The van der Waals surface area contributed by atoms with Crippen molar-refractivity contribution in [1.82, 2.24) is 10.2 Å². The second-order valence-corrected chi connectivity index (χ2v) is 5.27. The van der Waals surface area contributed by atoms with Gasteiger partial charge in [-0.3, -0.25) is 4.79 Å². The van der Waals surface area contributed by atoms with Gasteiger partial charge in [-0.15, -0.1) is 0 Å². The summed E-state index contributed by atoms with van der Waals surface area (Å²) in [6.45, 7) is 3.61. The first kappa shape index (κ1) is 15.2. The number of hydrogen-bond donors (Lipinski definition) is 2. The number of aliphatic carboxylic acids is 1. The molecule has 0 fully saturated rings. The van der Waals surface area contributed by atoms with Crippen LogP contribution in [0.15, 0.2) is 24.3 Å². The fourth-order valence-corrected chi connectivity index (χ4v) is 2.24. The lowest BCUT2D eigenvalue weighted by Crippen LogP contribution is -2.42. The molecule has 6 nitrogen and oxygen atoms in total. The highest BCUT2D eigenvalue weighted by Gasteiger charge is 2.20. The maximum atomic E-state index is 12.2. The average Bonchev–Trinajstić information content (AvgIpc) is 2.66. The summed E-state index contributed by atoms with van der Waals surface area (Å²) in [6.07, 6.45) is 0.0478. The van der Waals surface area contributed by atoms with E-state index in [0.717, 1.165) is 11.3 Å². The van der Waals surface area contributed by atoms with E-state index in [9.17, 15) is 9.59 Å². The van der Waals surface area contributed by atoms with Crippen LogP contribution in [0, 0.1) is 5.92 Å². The quantitative estimate of drug-likeness (QED) is 0.885. The number of rotatable bonds is 4. The zero-order valence-corrected chi connectivity index (χ0v) is 12.0. The van der Waals surface area contributed by atoms with E-state index in [1.807, 2.05) is 24.3 Å². The van der Waals surface area contributed by atoms with Crippen molar-refractivity contribution in [3.63, 3.8) is 0 Å². The maximum absolute atomic E-state index is 12.2. The van der Waals surface area contributed by atoms with Gasteiger partial charge in [-0.2, -0.15) is 0 Å². The predicted molar refractivity (Wildman–Crippen MR) is 77.2 cm³/mol. The number of nitrogens with zero attached hydrogens (tertiary/aromatic N) is 1. The summed E-state index contributed by atoms with van der Waals surface area (Å²) < 4.78 is 5.61. The first-order valence-electron chi connectivity index (χ1n) is 7.01. The molecule has 1 aliphatic heterocycles. The Balaban J connectivity index is 1.90. The van der Waals surface area contributed by atoms with Gasteiger partial charge < -0.3 is 20.1 Å². The number of benzene rings is 1. The Labute approximate surface area is 123 Å². The number of para-hydroxylation sites is 1. The Bertz CT molecular complexity index is 518. The highest BCUT2D eigenvalue weighted by atomic mass is 16.5. The third-order valence-electron chi connectivity index (χ3n) is 3.36. The zero-order chi connectivity index (χ0) is 15.2. The van der Waals surface area contributed by atoms with Crippen molar-refractivity contribution in [2.45, 2.75) is 19.9 Å². The lowest BCUT2D eigenvalue weighted by molar-refractivity contribution is -0.137. The molecule has 2 rings (SSSR count). The Morgan fingerprint density at radius 2 is 2.19 bits per heavy atom. The van der Waals surface area contributed by atoms with Crippen molar-refractivity contribution in [3.8, 4) is 5.75 Å². The standard InChI is InChI=1S/C15H20N2O4/c1-11(8-14(18)19)9-16-15(20)17-6-7-21-13-5-3-2-4-12(13)10-17/h2-5,11H,6-10H2,1H3,(H,16,20)(H,18,19). The fraction of sp³-hybridized carbons (Fsp3) is 0.467. The first-order chi connectivity index (χ1) is 10.1. The second kappa shape index (κ2) is 6.97. The topological polar surface area (TPSA) is 78.9 Å². The van der Waals surface area contributed by atoms with Crippen LogP contribution >= 0.6 is 0 Å². The Kier molecular flexibility index (Phi) is 5.03. The number of carboxylic acid groups (broad SMARTS) is 1. The molecule has 1 aromatic rings. The molecule has 21 heavy (non-hydrogen) atoms. The Morgan fingerprint density at radius 1 is 1.43 bits per heavy atom. The molecular weight excluding hydrogens is 272 g/mol. The van der Waals surface area contributed by atoms with Crippen molar-refractivity contribution < 1.29 is 19.4 Å². The van der Waals surface area contributed by atoms with Crippen LogP contribution in [0.4, 0.5) is 4.79 Å². The molecule has 114 valence electrons. The van der Waals surface area contributed by atoms with Gasteiger partial charge >= 0.3 is 12.0 Å². The van der Waals surface area contributed by atoms with Crippen LogP contribution in [-0.4, -0.2) is 41.7 Å². The van der Waals surface area contributed by atoms with E-state index in [1.54, 1.807) is 11.8 Å². The van der Waals surface area contributed by atoms with E-state index in [0.29, 0.717) is 26.2 Å². The number of amides is 2. The van der Waals surface area contributed by atoms with Gasteiger partial charge in [0.2, 0.25) is 0 Å². The average molecular weight is 292 g/mol. The molecule has 0 spiro atoms. The summed E-state index contributed by atoms with van der Waals surface area (Å²) in [5.74, 6) is -0.136. The molecule has 0 saturated heterocycles. The lowest BCUT2D eigenvalue weighted by atomic mass is 10.1. The van der Waals surface area contributed by atoms with Gasteiger partial charge in [-0.05, 0) is 12.0 Å². The summed E-state index contributed by atoms with van der Waals surface area (Å²) in [6, 6.07) is 7.47. The van der Waals surface area contributed by atoms with Crippen molar-refractivity contribution in [3.05, 3.63) is 29.8 Å². The fourth-order valence-electron chi connectivity index (χ4n) is 2.24. The van der Waals surface area contributed by atoms with Crippen LogP contribution in [0.1, 0.15) is 18.9 Å². The van der Waals surface area contributed by atoms with Crippen LogP contribution in [0.3, 0.4) is 0 Å². The number of nitrogens with one attached hydrogen (secondary N) is 1. The molecular formula is C15H20N2O4. The third kappa shape index (κ3) is 4.37. The third-order valence-corrected chi connectivity index (χ3v) is 3.36. The van der Waals surface area contributed by atoms with Crippen LogP contribution < -0.4 is 10.1 Å². The zero-order valence-electron chi connectivity index (χ0n) is 12.0. The summed E-state index contributed by atoms with van der Waals surface area (Å²) in [5, 5.41) is 11.5. The van der Waals surface area contributed by atoms with Crippen molar-refractivity contribution >= 4 is 12.0 Å². The lowest BCUT2D eigenvalue weighted by Gasteiger charge is -2.21. The smallest absolute Gasteiger partial charge is 0.317 e. The van der Waals surface area contributed by atoms with E-state index in [2.05, 4.69) is 5.32 Å². The largest absolute Gasteiger partial charge is 0.491 e. The van der Waals surface area contributed by atoms with E-state index in [-0.39, 0.29) is 18.4 Å². The van der Waals surface area contributed by atoms with E-state index in [4.69, 9.17) is 9.84 Å². The minimum Gasteiger partial charge on any atom is -0.491 e. The molecule has 0 aliphatic carbocycles. The van der Waals surface area contributed by atoms with Gasteiger partial charge in [-0.1, -0.05) is 25.1 Å². The van der Waals surface area contributed by atoms with Crippen molar-refractivity contribution in [2.24, 2.45) is 5.92 Å². The minimum atomic E-state index is -0.853. The molecule has 0 radical (unpaired) electrons. The van der Waals surface area contributed by atoms with Crippen LogP contribution in [0.5, 0.6) is 5.75 Å². The SMILES string of the molecule is CC(CNC(=O)N1CCOc2ccccc2C1)CC(=O)O. The van der Waals surface area contributed by atoms with Gasteiger partial charge in [0.25, 0.3) is 0 Å². The van der Waals surface area contributed by atoms with Crippen LogP contribution in [0.25, 0.3) is 0 Å². The molecule has 1 aromatic carbocycles. The number of carboxylic acids is 1. The van der Waals surface area contributed by atoms with Gasteiger partial charge in [-0.25, -0.2) is 4.79 Å². The summed E-state index contributed by atoms with van der Waals surface area (Å²) >= 11 is 0. The molecule has 1 unspecified atom stereocenters. The number of ether oxygens (including phenoxy) is 1. The van der Waals surface area contributed by atoms with E-state index < -0.39 is 5.97 Å². The van der Waals surface area contributed by atoms with Gasteiger partial charge in [0, 0.05) is 18.5 Å².